The van der Waals surface area contributed by atoms with E-state index in [1.807, 2.05) is 24.3 Å². The molecule has 1 saturated heterocycles. The molecule has 2 aromatic carbocycles. The van der Waals surface area contributed by atoms with E-state index >= 15 is 0 Å². The summed E-state index contributed by atoms with van der Waals surface area (Å²) in [4.78, 5) is 12.8. The zero-order valence-electron chi connectivity index (χ0n) is 17.0. The van der Waals surface area contributed by atoms with E-state index in [1.165, 1.54) is 23.0 Å². The molecule has 0 atom stereocenters. The lowest BCUT2D eigenvalue weighted by Gasteiger charge is -2.21. The number of rotatable bonds is 6. The smallest absolute Gasteiger partial charge is 0.255 e. The molecular weight excluding hydrogens is 388 g/mol. The summed E-state index contributed by atoms with van der Waals surface area (Å²) in [5.74, 6) is -0.109. The first-order valence-electron chi connectivity index (χ1n) is 10.0. The van der Waals surface area contributed by atoms with Gasteiger partial charge in [0.1, 0.15) is 10.6 Å². The zero-order chi connectivity index (χ0) is 20.9. The Morgan fingerprint density at radius 2 is 1.69 bits per heavy atom. The summed E-state index contributed by atoms with van der Waals surface area (Å²) in [6, 6.07) is 12.1. The number of carbonyl (C=O) groups is 1. The number of hydrogen-bond acceptors (Lipinski definition) is 4. The topological polar surface area (TPSA) is 75.7 Å². The largest absolute Gasteiger partial charge is 0.495 e. The molecule has 0 aliphatic carbocycles. The van der Waals surface area contributed by atoms with Gasteiger partial charge in [0.15, 0.2) is 0 Å². The van der Waals surface area contributed by atoms with Crippen LogP contribution < -0.4 is 10.1 Å². The standard InChI is InChI=1S/C22H28N2O4S/c1-3-17-8-11-19(12-9-17)23-22(25)18-10-13-20(28-2)21(16-18)29(26,27)24-14-6-4-5-7-15-24/h8-13,16H,3-7,14-15H2,1-2H3,(H,23,25). The number of nitrogens with zero attached hydrogens (tertiary/aromatic N) is 1. The van der Waals surface area contributed by atoms with Gasteiger partial charge in [-0.2, -0.15) is 4.31 Å². The maximum Gasteiger partial charge on any atom is 0.255 e. The van der Waals surface area contributed by atoms with Crippen LogP contribution in [0.4, 0.5) is 5.69 Å². The van der Waals surface area contributed by atoms with Crippen molar-refractivity contribution >= 4 is 21.6 Å². The van der Waals surface area contributed by atoms with E-state index in [0.717, 1.165) is 32.1 Å². The molecule has 1 aliphatic rings. The Balaban J connectivity index is 1.88. The van der Waals surface area contributed by atoms with E-state index in [-0.39, 0.29) is 22.1 Å². The predicted octanol–water partition coefficient (Wildman–Crippen LogP) is 4.07. The Morgan fingerprint density at radius 1 is 1.03 bits per heavy atom. The normalized spacial score (nSPS) is 15.5. The molecule has 2 aromatic rings. The molecule has 0 saturated carbocycles. The fourth-order valence-corrected chi connectivity index (χ4v) is 5.17. The number of anilines is 1. The van der Waals surface area contributed by atoms with Crippen LogP contribution in [-0.4, -0.2) is 38.8 Å². The van der Waals surface area contributed by atoms with Crippen molar-refractivity contribution in [2.45, 2.75) is 43.9 Å². The van der Waals surface area contributed by atoms with Gasteiger partial charge in [-0.05, 0) is 55.2 Å². The number of amides is 1. The monoisotopic (exact) mass is 416 g/mol. The van der Waals surface area contributed by atoms with E-state index in [2.05, 4.69) is 12.2 Å². The number of ether oxygens (including phenoxy) is 1. The van der Waals surface area contributed by atoms with Crippen LogP contribution in [0.25, 0.3) is 0 Å². The molecule has 6 nitrogen and oxygen atoms in total. The third-order valence-electron chi connectivity index (χ3n) is 5.23. The minimum atomic E-state index is -3.74. The molecule has 0 unspecified atom stereocenters. The van der Waals surface area contributed by atoms with Crippen molar-refractivity contribution in [3.8, 4) is 5.75 Å². The highest BCUT2D eigenvalue weighted by molar-refractivity contribution is 7.89. The molecule has 29 heavy (non-hydrogen) atoms. The van der Waals surface area contributed by atoms with Gasteiger partial charge in [0.05, 0.1) is 7.11 Å². The average molecular weight is 417 g/mol. The van der Waals surface area contributed by atoms with E-state index in [1.54, 1.807) is 12.1 Å². The van der Waals surface area contributed by atoms with Gasteiger partial charge in [0, 0.05) is 24.3 Å². The first kappa shape index (κ1) is 21.3. The van der Waals surface area contributed by atoms with Crippen LogP contribution in [0.15, 0.2) is 47.4 Å². The lowest BCUT2D eigenvalue weighted by molar-refractivity contribution is 0.102. The summed E-state index contributed by atoms with van der Waals surface area (Å²) < 4.78 is 33.3. The fraction of sp³-hybridized carbons (Fsp3) is 0.409. The van der Waals surface area contributed by atoms with Crippen molar-refractivity contribution in [2.24, 2.45) is 0 Å². The van der Waals surface area contributed by atoms with Crippen molar-refractivity contribution in [2.75, 3.05) is 25.5 Å². The van der Waals surface area contributed by atoms with Crippen LogP contribution >= 0.6 is 0 Å². The van der Waals surface area contributed by atoms with E-state index in [0.29, 0.717) is 18.8 Å². The van der Waals surface area contributed by atoms with Crippen LogP contribution in [-0.2, 0) is 16.4 Å². The highest BCUT2D eigenvalue weighted by Crippen LogP contribution is 2.29. The Hall–Kier alpha value is -2.38. The SMILES string of the molecule is CCc1ccc(NC(=O)c2ccc(OC)c(S(=O)(=O)N3CCCCCC3)c2)cc1. The van der Waals surface area contributed by atoms with Crippen molar-refractivity contribution in [1.82, 2.24) is 4.31 Å². The molecule has 0 aromatic heterocycles. The minimum absolute atomic E-state index is 0.0379. The van der Waals surface area contributed by atoms with Gasteiger partial charge >= 0.3 is 0 Å². The molecule has 1 amide bonds. The molecule has 0 spiro atoms. The number of nitrogens with one attached hydrogen (secondary N) is 1. The van der Waals surface area contributed by atoms with Gasteiger partial charge in [-0.1, -0.05) is 31.9 Å². The highest BCUT2D eigenvalue weighted by Gasteiger charge is 2.29. The summed E-state index contributed by atoms with van der Waals surface area (Å²) >= 11 is 0. The second kappa shape index (κ2) is 9.41. The maximum atomic E-state index is 13.2. The molecular formula is C22H28N2O4S. The minimum Gasteiger partial charge on any atom is -0.495 e. The lowest BCUT2D eigenvalue weighted by Crippen LogP contribution is -2.32. The second-order valence-electron chi connectivity index (χ2n) is 7.19. The number of sulfonamides is 1. The zero-order valence-corrected chi connectivity index (χ0v) is 17.8. The van der Waals surface area contributed by atoms with Crippen LogP contribution in [0.5, 0.6) is 5.75 Å². The third kappa shape index (κ3) is 4.97. The van der Waals surface area contributed by atoms with E-state index in [4.69, 9.17) is 4.74 Å². The first-order valence-corrected chi connectivity index (χ1v) is 11.5. The number of carbonyl (C=O) groups excluding carboxylic acids is 1. The van der Waals surface area contributed by atoms with Crippen molar-refractivity contribution in [3.05, 3.63) is 53.6 Å². The predicted molar refractivity (Wildman–Crippen MR) is 114 cm³/mol. The Bertz CT molecular complexity index is 947. The van der Waals surface area contributed by atoms with Gasteiger partial charge < -0.3 is 10.1 Å². The summed E-state index contributed by atoms with van der Waals surface area (Å²) in [7, 11) is -2.30. The summed E-state index contributed by atoms with van der Waals surface area (Å²) in [5, 5.41) is 2.83. The van der Waals surface area contributed by atoms with Crippen LogP contribution in [0.2, 0.25) is 0 Å². The summed E-state index contributed by atoms with van der Waals surface area (Å²) in [6.45, 7) is 3.05. The highest BCUT2D eigenvalue weighted by atomic mass is 32.2. The van der Waals surface area contributed by atoms with Crippen LogP contribution in [0.3, 0.4) is 0 Å². The average Bonchev–Trinajstić information content (AvgIpc) is 3.04. The van der Waals surface area contributed by atoms with Crippen LogP contribution in [0.1, 0.15) is 48.5 Å². The van der Waals surface area contributed by atoms with Crippen molar-refractivity contribution in [1.29, 1.82) is 0 Å². The van der Waals surface area contributed by atoms with Crippen molar-refractivity contribution in [3.63, 3.8) is 0 Å². The van der Waals surface area contributed by atoms with Gasteiger partial charge in [0.2, 0.25) is 10.0 Å². The van der Waals surface area contributed by atoms with Gasteiger partial charge in [-0.15, -0.1) is 0 Å². The molecule has 1 aliphatic heterocycles. The molecule has 0 radical (unpaired) electrons. The van der Waals surface area contributed by atoms with Gasteiger partial charge in [-0.25, -0.2) is 8.42 Å². The molecule has 7 heteroatoms. The molecule has 1 heterocycles. The third-order valence-corrected chi connectivity index (χ3v) is 7.15. The lowest BCUT2D eigenvalue weighted by atomic mass is 10.1. The molecule has 1 N–H and O–H groups in total. The molecule has 1 fully saturated rings. The first-order chi connectivity index (χ1) is 14.0. The van der Waals surface area contributed by atoms with E-state index in [9.17, 15) is 13.2 Å². The summed E-state index contributed by atoms with van der Waals surface area (Å²) in [5.41, 5.74) is 2.12. The fourth-order valence-electron chi connectivity index (χ4n) is 3.47. The quantitative estimate of drug-likeness (QED) is 0.770. The number of methoxy groups -OCH3 is 1. The van der Waals surface area contributed by atoms with E-state index < -0.39 is 10.0 Å². The molecule has 3 rings (SSSR count). The van der Waals surface area contributed by atoms with Crippen LogP contribution in [0, 0.1) is 0 Å². The Morgan fingerprint density at radius 3 is 2.28 bits per heavy atom. The van der Waals surface area contributed by atoms with Gasteiger partial charge in [0.25, 0.3) is 5.91 Å². The maximum absolute atomic E-state index is 13.2. The Labute approximate surface area is 172 Å². The number of benzene rings is 2. The van der Waals surface area contributed by atoms with Crippen molar-refractivity contribution < 1.29 is 17.9 Å². The second-order valence-corrected chi connectivity index (χ2v) is 9.09. The number of aryl methyl sites for hydroxylation is 1. The Kier molecular flexibility index (Phi) is 6.92. The summed E-state index contributed by atoms with van der Waals surface area (Å²) in [6.07, 6.45) is 4.67. The molecule has 0 bridgehead atoms. The molecule has 156 valence electrons. The number of hydrogen-bond donors (Lipinski definition) is 1. The van der Waals surface area contributed by atoms with Gasteiger partial charge in [-0.3, -0.25) is 4.79 Å².